The van der Waals surface area contributed by atoms with Gasteiger partial charge in [-0.15, -0.1) is 0 Å². The first-order chi connectivity index (χ1) is 14.9. The molecule has 0 aliphatic heterocycles. The fourth-order valence-electron chi connectivity index (χ4n) is 4.35. The van der Waals surface area contributed by atoms with E-state index in [-0.39, 0.29) is 18.1 Å². The molecule has 7 heteroatoms. The summed E-state index contributed by atoms with van der Waals surface area (Å²) < 4.78 is 34.5. The minimum absolute atomic E-state index is 0.107. The molecular formula is C24H19F2N3O2. The van der Waals surface area contributed by atoms with E-state index in [9.17, 15) is 13.6 Å². The number of methoxy groups -OCH3 is 1. The normalized spacial score (nSPS) is 15.9. The zero-order chi connectivity index (χ0) is 21.7. The summed E-state index contributed by atoms with van der Waals surface area (Å²) in [5.74, 6) is -0.983. The van der Waals surface area contributed by atoms with Gasteiger partial charge >= 0.3 is 0 Å². The van der Waals surface area contributed by atoms with Gasteiger partial charge in [-0.1, -0.05) is 12.1 Å². The number of hydrogen-bond acceptors (Lipinski definition) is 4. The van der Waals surface area contributed by atoms with Crippen molar-refractivity contribution in [1.82, 2.24) is 14.6 Å². The van der Waals surface area contributed by atoms with E-state index in [0.29, 0.717) is 28.9 Å². The van der Waals surface area contributed by atoms with Crippen molar-refractivity contribution in [2.75, 3.05) is 7.11 Å². The predicted octanol–water partition coefficient (Wildman–Crippen LogP) is 4.90. The van der Waals surface area contributed by atoms with E-state index in [2.05, 4.69) is 10.1 Å². The molecule has 156 valence electrons. The lowest BCUT2D eigenvalue weighted by Gasteiger charge is -2.24. The van der Waals surface area contributed by atoms with Gasteiger partial charge in [0.25, 0.3) is 0 Å². The Balaban J connectivity index is 1.63. The van der Waals surface area contributed by atoms with Crippen LogP contribution in [0.3, 0.4) is 0 Å². The summed E-state index contributed by atoms with van der Waals surface area (Å²) in [5.41, 5.74) is 4.91. The predicted molar refractivity (Wildman–Crippen MR) is 111 cm³/mol. The van der Waals surface area contributed by atoms with Gasteiger partial charge < -0.3 is 4.74 Å². The highest BCUT2D eigenvalue weighted by molar-refractivity contribution is 5.99. The molecule has 2 aromatic heterocycles. The maximum absolute atomic E-state index is 13.8. The Morgan fingerprint density at radius 3 is 2.45 bits per heavy atom. The first-order valence-electron chi connectivity index (χ1n) is 9.95. The van der Waals surface area contributed by atoms with E-state index in [0.717, 1.165) is 28.6 Å². The lowest BCUT2D eigenvalue weighted by molar-refractivity contribution is 0.0962. The number of aromatic nitrogens is 3. The fraction of sp³-hybridized carbons (Fsp3) is 0.208. The van der Waals surface area contributed by atoms with Crippen LogP contribution in [0.4, 0.5) is 8.78 Å². The van der Waals surface area contributed by atoms with Crippen LogP contribution in [0.2, 0.25) is 0 Å². The molecule has 1 aliphatic carbocycles. The second-order valence-electron chi connectivity index (χ2n) is 7.77. The summed E-state index contributed by atoms with van der Waals surface area (Å²) in [6.07, 6.45) is 2.20. The number of hydrogen-bond donors (Lipinski definition) is 0. The van der Waals surface area contributed by atoms with E-state index >= 15 is 0 Å². The summed E-state index contributed by atoms with van der Waals surface area (Å²) in [7, 11) is 1.61. The number of Topliss-reactive ketones (excluding diaryl/α,β-unsaturated/α-hetero) is 1. The first kappa shape index (κ1) is 19.4. The van der Waals surface area contributed by atoms with Gasteiger partial charge in [-0.25, -0.2) is 18.3 Å². The minimum atomic E-state index is -0.648. The van der Waals surface area contributed by atoms with E-state index in [1.807, 2.05) is 31.2 Å². The molecule has 0 bridgehead atoms. The highest BCUT2D eigenvalue weighted by atomic mass is 19.1. The van der Waals surface area contributed by atoms with Crippen LogP contribution in [-0.2, 0) is 6.42 Å². The Morgan fingerprint density at radius 2 is 1.77 bits per heavy atom. The summed E-state index contributed by atoms with van der Waals surface area (Å²) in [5, 5.41) is 4.67. The van der Waals surface area contributed by atoms with Crippen molar-refractivity contribution in [3.63, 3.8) is 0 Å². The number of carbonyl (C=O) groups is 1. The Hall–Kier alpha value is -3.61. The minimum Gasteiger partial charge on any atom is -0.497 e. The van der Waals surface area contributed by atoms with Crippen LogP contribution in [0.1, 0.15) is 39.6 Å². The number of ether oxygens (including phenoxy) is 1. The Morgan fingerprint density at radius 1 is 1.06 bits per heavy atom. The Labute approximate surface area is 177 Å². The van der Waals surface area contributed by atoms with Gasteiger partial charge in [-0.3, -0.25) is 4.79 Å². The van der Waals surface area contributed by atoms with Gasteiger partial charge in [0, 0.05) is 24.2 Å². The summed E-state index contributed by atoms with van der Waals surface area (Å²) in [6.45, 7) is 1.89. The fourth-order valence-corrected chi connectivity index (χ4v) is 4.35. The smallest absolute Gasteiger partial charge is 0.166 e. The second-order valence-corrected chi connectivity index (χ2v) is 7.77. The molecule has 0 amide bonds. The van der Waals surface area contributed by atoms with Crippen LogP contribution in [-0.4, -0.2) is 27.5 Å². The summed E-state index contributed by atoms with van der Waals surface area (Å²) >= 11 is 0. The molecule has 0 radical (unpaired) electrons. The monoisotopic (exact) mass is 419 g/mol. The molecule has 5 rings (SSSR count). The van der Waals surface area contributed by atoms with Crippen molar-refractivity contribution >= 4 is 11.4 Å². The molecule has 5 nitrogen and oxygen atoms in total. The number of ketones is 1. The summed E-state index contributed by atoms with van der Waals surface area (Å²) in [6, 6.07) is 11.0. The number of rotatable bonds is 3. The largest absolute Gasteiger partial charge is 0.497 e. The third kappa shape index (κ3) is 3.26. The average molecular weight is 419 g/mol. The highest BCUT2D eigenvalue weighted by Gasteiger charge is 2.30. The quantitative estimate of drug-likeness (QED) is 0.474. The maximum Gasteiger partial charge on any atom is 0.166 e. The third-order valence-corrected chi connectivity index (χ3v) is 5.83. The molecule has 0 spiro atoms. The zero-order valence-corrected chi connectivity index (χ0v) is 17.0. The molecule has 2 aromatic carbocycles. The van der Waals surface area contributed by atoms with E-state index in [1.54, 1.807) is 17.8 Å². The molecular weight excluding hydrogens is 400 g/mol. The van der Waals surface area contributed by atoms with Crippen molar-refractivity contribution in [3.05, 3.63) is 82.8 Å². The molecule has 0 fully saturated rings. The molecule has 0 N–H and O–H groups in total. The van der Waals surface area contributed by atoms with E-state index in [1.165, 1.54) is 12.1 Å². The van der Waals surface area contributed by atoms with Crippen LogP contribution in [0.15, 0.2) is 48.7 Å². The molecule has 31 heavy (non-hydrogen) atoms. The van der Waals surface area contributed by atoms with Crippen LogP contribution >= 0.6 is 0 Å². The molecule has 4 aromatic rings. The number of halogens is 2. The van der Waals surface area contributed by atoms with Crippen molar-refractivity contribution in [3.8, 4) is 16.9 Å². The number of benzene rings is 2. The maximum atomic E-state index is 13.8. The highest BCUT2D eigenvalue weighted by Crippen LogP contribution is 2.36. The molecule has 1 atom stereocenters. The Bertz CT molecular complexity index is 1310. The Kier molecular flexibility index (Phi) is 4.54. The van der Waals surface area contributed by atoms with Crippen molar-refractivity contribution in [2.24, 2.45) is 0 Å². The van der Waals surface area contributed by atoms with Crippen molar-refractivity contribution in [2.45, 2.75) is 25.7 Å². The zero-order valence-electron chi connectivity index (χ0n) is 17.0. The molecule has 1 unspecified atom stereocenters. The average Bonchev–Trinajstić information content (AvgIpc) is 3.09. The van der Waals surface area contributed by atoms with Gasteiger partial charge in [-0.05, 0) is 54.7 Å². The van der Waals surface area contributed by atoms with Crippen LogP contribution < -0.4 is 4.74 Å². The van der Waals surface area contributed by atoms with Crippen LogP contribution in [0.25, 0.3) is 16.8 Å². The van der Waals surface area contributed by atoms with Crippen molar-refractivity contribution in [1.29, 1.82) is 0 Å². The SMILES string of the molecule is COc1ccc(-c2c(C)nn3c4c(cnc23)C(=O)CC(c2cc(F)cc(F)c2)C4)cc1. The molecule has 2 heterocycles. The van der Waals surface area contributed by atoms with Gasteiger partial charge in [-0.2, -0.15) is 5.10 Å². The molecule has 1 aliphatic rings. The van der Waals surface area contributed by atoms with E-state index in [4.69, 9.17) is 4.74 Å². The van der Waals surface area contributed by atoms with Gasteiger partial charge in [0.05, 0.1) is 24.1 Å². The van der Waals surface area contributed by atoms with Gasteiger partial charge in [0.15, 0.2) is 11.4 Å². The first-order valence-corrected chi connectivity index (χ1v) is 9.95. The molecule has 0 saturated carbocycles. The van der Waals surface area contributed by atoms with Crippen LogP contribution in [0.5, 0.6) is 5.75 Å². The van der Waals surface area contributed by atoms with Gasteiger partial charge in [0.1, 0.15) is 17.4 Å². The lowest BCUT2D eigenvalue weighted by atomic mass is 9.82. The van der Waals surface area contributed by atoms with E-state index < -0.39 is 11.6 Å². The van der Waals surface area contributed by atoms with Gasteiger partial charge in [0.2, 0.25) is 0 Å². The number of nitrogens with zero attached hydrogens (tertiary/aromatic N) is 3. The summed E-state index contributed by atoms with van der Waals surface area (Å²) in [4.78, 5) is 17.4. The molecule has 0 saturated heterocycles. The standard InChI is InChI=1S/C24H19F2N3O2/c1-13-23(14-3-5-19(31-2)6-4-14)24-27-12-20-21(29(24)28-13)9-16(10-22(20)30)15-7-17(25)11-18(26)8-15/h3-8,11-12,16H,9-10H2,1-2H3. The number of fused-ring (bicyclic) bond motifs is 3. The third-order valence-electron chi connectivity index (χ3n) is 5.83. The number of aryl methyl sites for hydroxylation is 1. The topological polar surface area (TPSA) is 56.5 Å². The second kappa shape index (κ2) is 7.27. The van der Waals surface area contributed by atoms with Crippen LogP contribution in [0, 0.1) is 18.6 Å². The van der Waals surface area contributed by atoms with Crippen molar-refractivity contribution < 1.29 is 18.3 Å². The lowest BCUT2D eigenvalue weighted by Crippen LogP contribution is -2.22. The number of carbonyl (C=O) groups excluding carboxylic acids is 1.